The first kappa shape index (κ1) is 29.2. The summed E-state index contributed by atoms with van der Waals surface area (Å²) >= 11 is 0. The Kier molecular flexibility index (Phi) is 6.92. The second-order valence-corrected chi connectivity index (χ2v) is 17.6. The number of benzene rings is 7. The van der Waals surface area contributed by atoms with Crippen LogP contribution in [0.25, 0.3) is 78.3 Å². The summed E-state index contributed by atoms with van der Waals surface area (Å²) in [7, 11) is -1.87. The molecule has 1 aromatic heterocycles. The van der Waals surface area contributed by atoms with Gasteiger partial charge >= 0.3 is 0 Å². The van der Waals surface area contributed by atoms with Crippen LogP contribution in [0.2, 0.25) is 13.1 Å². The zero-order valence-corrected chi connectivity index (χ0v) is 28.4. The lowest BCUT2D eigenvalue weighted by molar-refractivity contribution is 1.07. The van der Waals surface area contributed by atoms with Crippen molar-refractivity contribution in [1.82, 2.24) is 15.0 Å². The standard InChI is InChI=1S/C45H33N3Si/c1-49(2)40-17-9-8-15-38(40)42-39(16-10-18-41(42)49)45-47-43(34-24-19-32(20-25-34)30-11-4-3-5-12-30)46-44(48-45)35-26-21-33(22-27-35)37-28-23-31-13-6-7-14-36(31)29-37/h3-29H,1-2H3. The first-order valence-electron chi connectivity index (χ1n) is 16.8. The minimum Gasteiger partial charge on any atom is -0.208 e. The Morgan fingerprint density at radius 1 is 0.347 bits per heavy atom. The molecule has 0 saturated heterocycles. The molecule has 0 spiro atoms. The van der Waals surface area contributed by atoms with Crippen LogP contribution < -0.4 is 10.4 Å². The Morgan fingerprint density at radius 2 is 0.837 bits per heavy atom. The molecule has 49 heavy (non-hydrogen) atoms. The molecular formula is C45H33N3Si. The van der Waals surface area contributed by atoms with Gasteiger partial charge in [0.05, 0.1) is 0 Å². The van der Waals surface area contributed by atoms with E-state index in [0.29, 0.717) is 17.5 Å². The molecule has 1 aliphatic heterocycles. The fraction of sp³-hybridized carbons (Fsp3) is 0.0444. The lowest BCUT2D eigenvalue weighted by atomic mass is 9.99. The normalized spacial score (nSPS) is 12.9. The van der Waals surface area contributed by atoms with Crippen LogP contribution in [-0.4, -0.2) is 23.0 Å². The smallest absolute Gasteiger partial charge is 0.164 e. The number of aromatic nitrogens is 3. The molecule has 7 aromatic carbocycles. The zero-order valence-electron chi connectivity index (χ0n) is 27.4. The van der Waals surface area contributed by atoms with E-state index < -0.39 is 8.07 Å². The molecule has 0 radical (unpaired) electrons. The van der Waals surface area contributed by atoms with Gasteiger partial charge in [0.15, 0.2) is 17.5 Å². The Hall–Kier alpha value is -5.97. The van der Waals surface area contributed by atoms with E-state index in [-0.39, 0.29) is 0 Å². The van der Waals surface area contributed by atoms with Crippen LogP contribution >= 0.6 is 0 Å². The van der Waals surface area contributed by atoms with Crippen molar-refractivity contribution in [3.8, 4) is 67.5 Å². The summed E-state index contributed by atoms with van der Waals surface area (Å²) in [5, 5.41) is 5.37. The van der Waals surface area contributed by atoms with Crippen LogP contribution in [0.1, 0.15) is 0 Å². The summed E-state index contributed by atoms with van der Waals surface area (Å²) in [6, 6.07) is 58.2. The fourth-order valence-corrected chi connectivity index (χ4v) is 10.4. The van der Waals surface area contributed by atoms with Gasteiger partial charge in [-0.3, -0.25) is 0 Å². The molecule has 0 aliphatic carbocycles. The van der Waals surface area contributed by atoms with E-state index >= 15 is 0 Å². The van der Waals surface area contributed by atoms with Crippen LogP contribution in [0.15, 0.2) is 164 Å². The summed E-state index contributed by atoms with van der Waals surface area (Å²) in [5.41, 5.74) is 10.2. The molecule has 232 valence electrons. The molecule has 3 nitrogen and oxygen atoms in total. The second-order valence-electron chi connectivity index (χ2n) is 13.3. The lowest BCUT2D eigenvalue weighted by Gasteiger charge is -2.18. The van der Waals surface area contributed by atoms with E-state index in [9.17, 15) is 0 Å². The molecule has 0 N–H and O–H groups in total. The van der Waals surface area contributed by atoms with E-state index in [1.807, 2.05) is 6.07 Å². The van der Waals surface area contributed by atoms with Gasteiger partial charge in [0.2, 0.25) is 0 Å². The number of hydrogen-bond acceptors (Lipinski definition) is 3. The van der Waals surface area contributed by atoms with Crippen molar-refractivity contribution in [3.63, 3.8) is 0 Å². The lowest BCUT2D eigenvalue weighted by Crippen LogP contribution is -2.49. The first-order chi connectivity index (χ1) is 24.0. The first-order valence-corrected chi connectivity index (χ1v) is 19.8. The number of fused-ring (bicyclic) bond motifs is 4. The van der Waals surface area contributed by atoms with E-state index in [0.717, 1.165) is 27.8 Å². The minimum atomic E-state index is -1.87. The summed E-state index contributed by atoms with van der Waals surface area (Å²) in [4.78, 5) is 15.5. The van der Waals surface area contributed by atoms with Crippen LogP contribution in [0.4, 0.5) is 0 Å². The van der Waals surface area contributed by atoms with Gasteiger partial charge in [-0.15, -0.1) is 0 Å². The Morgan fingerprint density at radius 3 is 1.55 bits per heavy atom. The highest BCUT2D eigenvalue weighted by Crippen LogP contribution is 2.37. The molecule has 9 rings (SSSR count). The van der Waals surface area contributed by atoms with Gasteiger partial charge in [0.1, 0.15) is 8.07 Å². The fourth-order valence-electron chi connectivity index (χ4n) is 7.32. The maximum Gasteiger partial charge on any atom is 0.164 e. The molecule has 8 aromatic rings. The van der Waals surface area contributed by atoms with E-state index in [1.54, 1.807) is 0 Å². The average Bonchev–Trinajstić information content (AvgIpc) is 3.41. The van der Waals surface area contributed by atoms with Gasteiger partial charge in [-0.25, -0.2) is 15.0 Å². The van der Waals surface area contributed by atoms with E-state index in [1.165, 1.54) is 43.4 Å². The molecule has 4 heteroatoms. The Labute approximate surface area is 287 Å². The monoisotopic (exact) mass is 643 g/mol. The van der Waals surface area contributed by atoms with E-state index in [2.05, 4.69) is 171 Å². The van der Waals surface area contributed by atoms with Crippen LogP contribution in [0.3, 0.4) is 0 Å². The van der Waals surface area contributed by atoms with Crippen molar-refractivity contribution < 1.29 is 0 Å². The summed E-state index contributed by atoms with van der Waals surface area (Å²) < 4.78 is 0. The Bertz CT molecular complexity index is 2500. The molecule has 0 saturated carbocycles. The zero-order chi connectivity index (χ0) is 33.0. The van der Waals surface area contributed by atoms with Gasteiger partial charge in [0.25, 0.3) is 0 Å². The highest BCUT2D eigenvalue weighted by Gasteiger charge is 2.38. The van der Waals surface area contributed by atoms with Gasteiger partial charge in [-0.1, -0.05) is 171 Å². The van der Waals surface area contributed by atoms with Crippen molar-refractivity contribution in [2.75, 3.05) is 0 Å². The maximum atomic E-state index is 5.20. The van der Waals surface area contributed by atoms with Crippen LogP contribution in [0, 0.1) is 0 Å². The predicted octanol–water partition coefficient (Wildman–Crippen LogP) is 10.2. The van der Waals surface area contributed by atoms with Gasteiger partial charge < -0.3 is 0 Å². The topological polar surface area (TPSA) is 38.7 Å². The molecule has 0 fully saturated rings. The second kappa shape index (κ2) is 11.6. The average molecular weight is 644 g/mol. The third-order valence-corrected chi connectivity index (χ3v) is 13.5. The van der Waals surface area contributed by atoms with Crippen LogP contribution in [0.5, 0.6) is 0 Å². The molecule has 2 heterocycles. The molecule has 0 bridgehead atoms. The van der Waals surface area contributed by atoms with Crippen molar-refractivity contribution in [3.05, 3.63) is 164 Å². The number of hydrogen-bond donors (Lipinski definition) is 0. The van der Waals surface area contributed by atoms with E-state index in [4.69, 9.17) is 15.0 Å². The molecular weight excluding hydrogens is 611 g/mol. The van der Waals surface area contributed by atoms with Gasteiger partial charge in [-0.2, -0.15) is 0 Å². The third kappa shape index (κ3) is 5.09. The third-order valence-electron chi connectivity index (χ3n) is 9.96. The van der Waals surface area contributed by atoms with Crippen molar-refractivity contribution in [1.29, 1.82) is 0 Å². The highest BCUT2D eigenvalue weighted by atomic mass is 28.3. The van der Waals surface area contributed by atoms with Gasteiger partial charge in [0, 0.05) is 16.7 Å². The predicted molar refractivity (Wildman–Crippen MR) is 207 cm³/mol. The molecule has 1 aliphatic rings. The minimum absolute atomic E-state index is 0.664. The van der Waals surface area contributed by atoms with Crippen molar-refractivity contribution in [2.45, 2.75) is 13.1 Å². The highest BCUT2D eigenvalue weighted by molar-refractivity contribution is 7.04. The summed E-state index contributed by atoms with van der Waals surface area (Å²) in [6.45, 7) is 4.88. The SMILES string of the molecule is C[Si]1(C)c2ccccc2-c2c(-c3nc(-c4ccc(-c5ccccc5)cc4)nc(-c4ccc(-c5ccc6ccccc6c5)cc4)n3)cccc21. The molecule has 0 amide bonds. The largest absolute Gasteiger partial charge is 0.208 e. The van der Waals surface area contributed by atoms with Crippen molar-refractivity contribution in [2.24, 2.45) is 0 Å². The molecule has 0 atom stereocenters. The van der Waals surface area contributed by atoms with Gasteiger partial charge in [-0.05, 0) is 60.6 Å². The van der Waals surface area contributed by atoms with Crippen LogP contribution in [-0.2, 0) is 0 Å². The van der Waals surface area contributed by atoms with Crippen molar-refractivity contribution >= 4 is 29.2 Å². The molecule has 0 unspecified atom stereocenters. The Balaban J connectivity index is 1.18. The number of nitrogens with zero attached hydrogens (tertiary/aromatic N) is 3. The summed E-state index contributed by atoms with van der Waals surface area (Å²) in [5.74, 6) is 2.03. The number of rotatable bonds is 5. The summed E-state index contributed by atoms with van der Waals surface area (Å²) in [6.07, 6.45) is 0. The quantitative estimate of drug-likeness (QED) is 0.175. The maximum absolute atomic E-state index is 5.20.